The van der Waals surface area contributed by atoms with Crippen molar-refractivity contribution in [1.29, 1.82) is 0 Å². The second kappa shape index (κ2) is 7.54. The highest BCUT2D eigenvalue weighted by molar-refractivity contribution is 5.90. The van der Waals surface area contributed by atoms with Gasteiger partial charge in [-0.05, 0) is 48.3 Å². The van der Waals surface area contributed by atoms with Gasteiger partial charge in [0.15, 0.2) is 0 Å². The van der Waals surface area contributed by atoms with Crippen LogP contribution in [-0.4, -0.2) is 33.4 Å². The van der Waals surface area contributed by atoms with Crippen molar-refractivity contribution in [3.8, 4) is 0 Å². The molecule has 0 N–H and O–H groups in total. The number of aryl methyl sites for hydroxylation is 2. The summed E-state index contributed by atoms with van der Waals surface area (Å²) in [6.07, 6.45) is 6.96. The number of hydrogen-bond acceptors (Lipinski definition) is 4. The van der Waals surface area contributed by atoms with Crippen LogP contribution in [0.1, 0.15) is 70.4 Å². The largest absolute Gasteiger partial charge is 0.364 e. The minimum absolute atomic E-state index is 0.0539. The Bertz CT molecular complexity index is 1040. The average molecular weight is 448 g/mol. The van der Waals surface area contributed by atoms with Crippen LogP contribution in [-0.2, 0) is 16.6 Å². The molecule has 3 aliphatic rings. The van der Waals surface area contributed by atoms with E-state index in [2.05, 4.69) is 68.9 Å². The highest BCUT2D eigenvalue weighted by Gasteiger charge is 2.60. The molecule has 5 rings (SSSR count). The fraction of sp³-hybridized carbons (Fsp3) is 0.607. The van der Waals surface area contributed by atoms with E-state index < -0.39 is 0 Å². The first kappa shape index (κ1) is 22.4. The van der Waals surface area contributed by atoms with Gasteiger partial charge < -0.3 is 4.90 Å². The van der Waals surface area contributed by atoms with E-state index in [0.29, 0.717) is 24.4 Å². The summed E-state index contributed by atoms with van der Waals surface area (Å²) in [7, 11) is 1.91. The Morgan fingerprint density at radius 3 is 1.82 bits per heavy atom. The molecule has 2 aliphatic carbocycles. The Kier molecular flexibility index (Phi) is 5.11. The van der Waals surface area contributed by atoms with Crippen LogP contribution in [0.25, 0.3) is 0 Å². The van der Waals surface area contributed by atoms with Crippen LogP contribution >= 0.6 is 0 Å². The molecule has 5 heteroatoms. The van der Waals surface area contributed by atoms with Crippen LogP contribution in [0.4, 0.5) is 5.69 Å². The smallest absolute Gasteiger partial charge is 0.139 e. The number of rotatable bonds is 2. The molecular weight excluding hydrogens is 410 g/mol. The lowest BCUT2D eigenvalue weighted by Crippen LogP contribution is -2.66. The van der Waals surface area contributed by atoms with Crippen LogP contribution < -0.4 is 4.90 Å². The fourth-order valence-electron chi connectivity index (χ4n) is 7.16. The molecule has 2 saturated carbocycles. The maximum absolute atomic E-state index is 13.8. The molecule has 0 bridgehead atoms. The number of piperidine rings is 1. The highest BCUT2D eigenvalue weighted by atomic mass is 16.1. The number of carbonyl (C=O) groups is 2. The molecule has 2 aromatic rings. The van der Waals surface area contributed by atoms with E-state index in [4.69, 9.17) is 0 Å². The Hall–Kier alpha value is -2.43. The minimum Gasteiger partial charge on any atom is -0.364 e. The highest BCUT2D eigenvalue weighted by Crippen LogP contribution is 2.56. The summed E-state index contributed by atoms with van der Waals surface area (Å²) in [5, 5.41) is 4.44. The van der Waals surface area contributed by atoms with Crippen LogP contribution in [0.2, 0.25) is 0 Å². The molecular formula is C28H37N3O2. The number of benzene rings is 1. The Labute approximate surface area is 197 Å². The number of carbonyl (C=O) groups excluding carboxylic acids is 2. The van der Waals surface area contributed by atoms with E-state index >= 15 is 0 Å². The maximum Gasteiger partial charge on any atom is 0.139 e. The first-order valence-electron chi connectivity index (χ1n) is 12.3. The number of anilines is 1. The third-order valence-corrected chi connectivity index (χ3v) is 8.33. The molecule has 2 heterocycles. The molecule has 1 aromatic carbocycles. The van der Waals surface area contributed by atoms with Crippen molar-refractivity contribution >= 4 is 17.3 Å². The summed E-state index contributed by atoms with van der Waals surface area (Å²) in [6.45, 7) is 11.0. The van der Waals surface area contributed by atoms with Crippen molar-refractivity contribution in [3.05, 3.63) is 47.8 Å². The first-order chi connectivity index (χ1) is 15.5. The number of ketones is 2. The van der Waals surface area contributed by atoms with Gasteiger partial charge in [0, 0.05) is 61.6 Å². The molecule has 1 aromatic heterocycles. The first-order valence-corrected chi connectivity index (χ1v) is 12.3. The zero-order valence-corrected chi connectivity index (χ0v) is 20.8. The Morgan fingerprint density at radius 2 is 1.36 bits per heavy atom. The topological polar surface area (TPSA) is 55.2 Å². The van der Waals surface area contributed by atoms with E-state index in [1.807, 2.05) is 19.4 Å². The van der Waals surface area contributed by atoms with Gasteiger partial charge in [-0.15, -0.1) is 0 Å². The van der Waals surface area contributed by atoms with Crippen LogP contribution in [0.3, 0.4) is 0 Å². The van der Waals surface area contributed by atoms with E-state index in [9.17, 15) is 9.59 Å². The summed E-state index contributed by atoms with van der Waals surface area (Å²) in [6, 6.07) is 8.84. The van der Waals surface area contributed by atoms with E-state index in [-0.39, 0.29) is 40.7 Å². The van der Waals surface area contributed by atoms with Gasteiger partial charge in [0.2, 0.25) is 0 Å². The zero-order valence-electron chi connectivity index (χ0n) is 20.8. The van der Waals surface area contributed by atoms with Gasteiger partial charge in [-0.2, -0.15) is 5.10 Å². The molecule has 4 atom stereocenters. The maximum atomic E-state index is 13.8. The summed E-state index contributed by atoms with van der Waals surface area (Å²) in [5.74, 6) is 0.143. The predicted octanol–water partition coefficient (Wildman–Crippen LogP) is 5.08. The Morgan fingerprint density at radius 1 is 0.848 bits per heavy atom. The fourth-order valence-corrected chi connectivity index (χ4v) is 7.16. The van der Waals surface area contributed by atoms with Crippen LogP contribution in [0.5, 0.6) is 0 Å². The normalized spacial score (nSPS) is 32.9. The molecule has 3 fully saturated rings. The molecule has 176 valence electrons. The van der Waals surface area contributed by atoms with Gasteiger partial charge in [-0.1, -0.05) is 45.4 Å². The third kappa shape index (κ3) is 3.83. The third-order valence-electron chi connectivity index (χ3n) is 8.33. The van der Waals surface area contributed by atoms with Gasteiger partial charge in [-0.25, -0.2) is 0 Å². The summed E-state index contributed by atoms with van der Waals surface area (Å²) < 4.78 is 1.81. The summed E-state index contributed by atoms with van der Waals surface area (Å²) in [4.78, 5) is 30.1. The second-order valence-electron chi connectivity index (χ2n) is 12.4. The quantitative estimate of drug-likeness (QED) is 0.644. The van der Waals surface area contributed by atoms with Crippen LogP contribution in [0.15, 0.2) is 36.7 Å². The molecule has 4 unspecified atom stereocenters. The summed E-state index contributed by atoms with van der Waals surface area (Å²) in [5.41, 5.74) is 3.30. The molecule has 0 spiro atoms. The van der Waals surface area contributed by atoms with Crippen LogP contribution in [0, 0.1) is 29.6 Å². The Balaban J connectivity index is 1.71. The van der Waals surface area contributed by atoms with Gasteiger partial charge in [0.25, 0.3) is 0 Å². The SMILES string of the molecule is Cc1ccc(N2C3CC(C)(C)CC(=O)C3C(c3cnn(C)c3)C3C(=O)CC(C)(C)CC32)cc1. The van der Waals surface area contributed by atoms with Crippen molar-refractivity contribution in [2.45, 2.75) is 78.3 Å². The number of aromatic nitrogens is 2. The number of hydrogen-bond donors (Lipinski definition) is 0. The van der Waals surface area contributed by atoms with Gasteiger partial charge in [0.1, 0.15) is 11.6 Å². The number of nitrogens with zero attached hydrogens (tertiary/aromatic N) is 3. The molecule has 1 saturated heterocycles. The average Bonchev–Trinajstić information content (AvgIpc) is 3.11. The predicted molar refractivity (Wildman–Crippen MR) is 130 cm³/mol. The van der Waals surface area contributed by atoms with Crippen molar-refractivity contribution < 1.29 is 9.59 Å². The number of Topliss-reactive ketones (excluding diaryl/α,β-unsaturated/α-hetero) is 2. The molecule has 1 aliphatic heterocycles. The number of fused-ring (bicyclic) bond motifs is 2. The second-order valence-corrected chi connectivity index (χ2v) is 12.4. The van der Waals surface area contributed by atoms with Crippen molar-refractivity contribution in [3.63, 3.8) is 0 Å². The molecule has 33 heavy (non-hydrogen) atoms. The van der Waals surface area contributed by atoms with Crippen molar-refractivity contribution in [1.82, 2.24) is 9.78 Å². The van der Waals surface area contributed by atoms with E-state index in [1.54, 1.807) is 4.68 Å². The monoisotopic (exact) mass is 447 g/mol. The van der Waals surface area contributed by atoms with E-state index in [1.165, 1.54) is 5.56 Å². The van der Waals surface area contributed by atoms with Gasteiger partial charge in [0.05, 0.1) is 6.20 Å². The lowest BCUT2D eigenvalue weighted by molar-refractivity contribution is -0.138. The molecule has 5 nitrogen and oxygen atoms in total. The summed E-state index contributed by atoms with van der Waals surface area (Å²) >= 11 is 0. The molecule has 0 amide bonds. The standard InChI is InChI=1S/C28H37N3O2/c1-17-7-9-19(10-8-17)31-20-11-27(2,3)13-22(32)25(20)24(18-15-29-30(6)16-18)26-21(31)12-28(4,5)14-23(26)33/h7-10,15-16,20-21,24-26H,11-14H2,1-6H3. The van der Waals surface area contributed by atoms with Crippen molar-refractivity contribution in [2.24, 2.45) is 29.7 Å². The van der Waals surface area contributed by atoms with Gasteiger partial charge >= 0.3 is 0 Å². The zero-order chi connectivity index (χ0) is 23.7. The molecule has 0 radical (unpaired) electrons. The van der Waals surface area contributed by atoms with Crippen molar-refractivity contribution in [2.75, 3.05) is 4.90 Å². The lowest BCUT2D eigenvalue weighted by atomic mass is 9.54. The van der Waals surface area contributed by atoms with Gasteiger partial charge in [-0.3, -0.25) is 14.3 Å². The lowest BCUT2D eigenvalue weighted by Gasteiger charge is -2.60. The van der Waals surface area contributed by atoms with E-state index in [0.717, 1.165) is 24.1 Å². The minimum atomic E-state index is -0.185.